The third-order valence-electron chi connectivity index (χ3n) is 3.49. The van der Waals surface area contributed by atoms with Gasteiger partial charge in [-0.15, -0.1) is 0 Å². The van der Waals surface area contributed by atoms with Gasteiger partial charge in [-0.1, -0.05) is 29.8 Å². The van der Waals surface area contributed by atoms with Gasteiger partial charge < -0.3 is 10.6 Å². The van der Waals surface area contributed by atoms with E-state index >= 15 is 0 Å². The molecule has 0 fully saturated rings. The van der Waals surface area contributed by atoms with Gasteiger partial charge in [-0.25, -0.2) is 13.8 Å². The van der Waals surface area contributed by atoms with Gasteiger partial charge in [0.05, 0.1) is 0 Å². The number of aromatic nitrogens is 2. The second-order valence-electron chi connectivity index (χ2n) is 5.29. The topological polar surface area (TPSA) is 49.8 Å². The third kappa shape index (κ3) is 4.64. The zero-order valence-electron chi connectivity index (χ0n) is 13.1. The largest absolute Gasteiger partial charge is 0.370 e. The first-order valence-corrected chi connectivity index (χ1v) is 8.02. The molecule has 0 aliphatic rings. The van der Waals surface area contributed by atoms with Crippen LogP contribution in [0.1, 0.15) is 5.56 Å². The second kappa shape index (κ2) is 7.90. The van der Waals surface area contributed by atoms with Gasteiger partial charge in [0, 0.05) is 17.8 Å². The van der Waals surface area contributed by atoms with Gasteiger partial charge in [-0.3, -0.25) is 0 Å². The highest BCUT2D eigenvalue weighted by atomic mass is 35.5. The fraction of sp³-hybridized carbons (Fsp3) is 0.111. The standard InChI is InChI=1S/C18H15ClF2N4/c19-13-6-4-12(5-7-13)8-10-22-16-9-11-23-18(24-16)25-17-14(20)2-1-3-15(17)21/h1-7,9,11H,8,10H2,(H2,22,23,24,25). The van der Waals surface area contributed by atoms with Gasteiger partial charge in [0.2, 0.25) is 5.95 Å². The van der Waals surface area contributed by atoms with Crippen molar-refractivity contribution >= 4 is 29.1 Å². The van der Waals surface area contributed by atoms with Crippen LogP contribution in [0.5, 0.6) is 0 Å². The summed E-state index contributed by atoms with van der Waals surface area (Å²) >= 11 is 5.85. The van der Waals surface area contributed by atoms with E-state index in [9.17, 15) is 8.78 Å². The van der Waals surface area contributed by atoms with E-state index in [0.717, 1.165) is 12.0 Å². The van der Waals surface area contributed by atoms with Crippen molar-refractivity contribution < 1.29 is 8.78 Å². The predicted molar refractivity (Wildman–Crippen MR) is 95.3 cm³/mol. The molecule has 0 saturated carbocycles. The molecule has 2 aromatic carbocycles. The van der Waals surface area contributed by atoms with Crippen LogP contribution in [-0.4, -0.2) is 16.5 Å². The Balaban J connectivity index is 1.62. The summed E-state index contributed by atoms with van der Waals surface area (Å²) in [5.74, 6) is -0.738. The molecule has 2 N–H and O–H groups in total. The van der Waals surface area contributed by atoms with E-state index in [1.807, 2.05) is 24.3 Å². The molecule has 3 aromatic rings. The van der Waals surface area contributed by atoms with E-state index in [1.54, 1.807) is 6.07 Å². The Morgan fingerprint density at radius 2 is 1.68 bits per heavy atom. The van der Waals surface area contributed by atoms with E-state index in [2.05, 4.69) is 20.6 Å². The molecule has 128 valence electrons. The highest BCUT2D eigenvalue weighted by molar-refractivity contribution is 6.30. The lowest BCUT2D eigenvalue weighted by Crippen LogP contribution is -2.08. The molecule has 0 spiro atoms. The summed E-state index contributed by atoms with van der Waals surface area (Å²) in [5.41, 5.74) is 0.860. The van der Waals surface area contributed by atoms with Crippen LogP contribution in [0.25, 0.3) is 0 Å². The number of rotatable bonds is 6. The smallest absolute Gasteiger partial charge is 0.229 e. The van der Waals surface area contributed by atoms with Gasteiger partial charge in [0.25, 0.3) is 0 Å². The van der Waals surface area contributed by atoms with Crippen LogP contribution in [0, 0.1) is 11.6 Å². The molecule has 0 atom stereocenters. The molecule has 0 amide bonds. The lowest BCUT2D eigenvalue weighted by molar-refractivity contribution is 0.590. The molecule has 1 aromatic heterocycles. The molecule has 3 rings (SSSR count). The van der Waals surface area contributed by atoms with E-state index in [1.165, 1.54) is 24.4 Å². The Bertz CT molecular complexity index is 836. The maximum Gasteiger partial charge on any atom is 0.229 e. The van der Waals surface area contributed by atoms with Crippen LogP contribution < -0.4 is 10.6 Å². The fourth-order valence-corrected chi connectivity index (χ4v) is 2.36. The van der Waals surface area contributed by atoms with Crippen LogP contribution in [0.4, 0.5) is 26.2 Å². The molecule has 4 nitrogen and oxygen atoms in total. The number of para-hydroxylation sites is 1. The summed E-state index contributed by atoms with van der Waals surface area (Å²) in [6, 6.07) is 12.9. The summed E-state index contributed by atoms with van der Waals surface area (Å²) in [4.78, 5) is 8.19. The van der Waals surface area contributed by atoms with Gasteiger partial charge in [-0.05, 0) is 42.3 Å². The molecule has 1 heterocycles. The molecule has 25 heavy (non-hydrogen) atoms. The Morgan fingerprint density at radius 1 is 0.960 bits per heavy atom. The van der Waals surface area contributed by atoms with Gasteiger partial charge >= 0.3 is 0 Å². The molecular formula is C18H15ClF2N4. The van der Waals surface area contributed by atoms with E-state index in [4.69, 9.17) is 11.6 Å². The normalized spacial score (nSPS) is 10.5. The maximum absolute atomic E-state index is 13.7. The molecule has 0 aliphatic carbocycles. The van der Waals surface area contributed by atoms with Gasteiger partial charge in [0.1, 0.15) is 23.1 Å². The summed E-state index contributed by atoms with van der Waals surface area (Å²) in [5, 5.41) is 6.42. The number of benzene rings is 2. The molecular weight excluding hydrogens is 346 g/mol. The summed E-state index contributed by atoms with van der Waals surface area (Å²) in [7, 11) is 0. The van der Waals surface area contributed by atoms with E-state index < -0.39 is 11.6 Å². The van der Waals surface area contributed by atoms with Crippen LogP contribution in [0.15, 0.2) is 54.7 Å². The van der Waals surface area contributed by atoms with Crippen molar-refractivity contribution in [3.8, 4) is 0 Å². The Morgan fingerprint density at radius 3 is 2.40 bits per heavy atom. The Kier molecular flexibility index (Phi) is 5.40. The molecule has 7 heteroatoms. The number of nitrogens with zero attached hydrogens (tertiary/aromatic N) is 2. The minimum atomic E-state index is -0.704. The van der Waals surface area contributed by atoms with Crippen molar-refractivity contribution in [3.05, 3.63) is 76.9 Å². The Hall–Kier alpha value is -2.73. The number of anilines is 3. The third-order valence-corrected chi connectivity index (χ3v) is 3.74. The van der Waals surface area contributed by atoms with Gasteiger partial charge in [0.15, 0.2) is 0 Å². The van der Waals surface area contributed by atoms with Crippen LogP contribution in [0.2, 0.25) is 5.02 Å². The minimum Gasteiger partial charge on any atom is -0.370 e. The summed E-state index contributed by atoms with van der Waals surface area (Å²) in [6.45, 7) is 0.645. The lowest BCUT2D eigenvalue weighted by Gasteiger charge is -2.09. The van der Waals surface area contributed by atoms with Crippen LogP contribution in [-0.2, 0) is 6.42 Å². The van der Waals surface area contributed by atoms with Crippen molar-refractivity contribution in [1.82, 2.24) is 9.97 Å². The zero-order chi connectivity index (χ0) is 17.6. The number of hydrogen-bond acceptors (Lipinski definition) is 4. The average molecular weight is 361 g/mol. The average Bonchev–Trinajstić information content (AvgIpc) is 2.60. The molecule has 0 radical (unpaired) electrons. The molecule has 0 aliphatic heterocycles. The highest BCUT2D eigenvalue weighted by Gasteiger charge is 2.10. The summed E-state index contributed by atoms with van der Waals surface area (Å²) in [6.07, 6.45) is 2.30. The number of nitrogens with one attached hydrogen (secondary N) is 2. The SMILES string of the molecule is Fc1cccc(F)c1Nc1nccc(NCCc2ccc(Cl)cc2)n1. The Labute approximate surface area is 148 Å². The van der Waals surface area contributed by atoms with Gasteiger partial charge in [-0.2, -0.15) is 4.98 Å². The summed E-state index contributed by atoms with van der Waals surface area (Å²) < 4.78 is 27.3. The monoisotopic (exact) mass is 360 g/mol. The highest BCUT2D eigenvalue weighted by Crippen LogP contribution is 2.21. The number of hydrogen-bond donors (Lipinski definition) is 2. The molecule has 0 saturated heterocycles. The first-order valence-electron chi connectivity index (χ1n) is 7.64. The zero-order valence-corrected chi connectivity index (χ0v) is 13.9. The van der Waals surface area contributed by atoms with Crippen molar-refractivity contribution in [2.24, 2.45) is 0 Å². The number of halogens is 3. The second-order valence-corrected chi connectivity index (χ2v) is 5.73. The molecule has 0 bridgehead atoms. The van der Waals surface area contributed by atoms with E-state index in [-0.39, 0.29) is 11.6 Å². The first-order chi connectivity index (χ1) is 12.1. The van der Waals surface area contributed by atoms with Crippen LogP contribution >= 0.6 is 11.6 Å². The predicted octanol–water partition coefficient (Wildman–Crippen LogP) is 4.81. The fourth-order valence-electron chi connectivity index (χ4n) is 2.23. The van der Waals surface area contributed by atoms with Crippen LogP contribution in [0.3, 0.4) is 0 Å². The van der Waals surface area contributed by atoms with Crippen molar-refractivity contribution in [1.29, 1.82) is 0 Å². The van der Waals surface area contributed by atoms with Crippen molar-refractivity contribution in [2.75, 3.05) is 17.2 Å². The quantitative estimate of drug-likeness (QED) is 0.662. The lowest BCUT2D eigenvalue weighted by atomic mass is 10.1. The van der Waals surface area contributed by atoms with E-state index in [0.29, 0.717) is 17.4 Å². The van der Waals surface area contributed by atoms with Crippen molar-refractivity contribution in [2.45, 2.75) is 6.42 Å². The maximum atomic E-state index is 13.7. The first kappa shape index (κ1) is 17.1. The van der Waals surface area contributed by atoms with Crippen molar-refractivity contribution in [3.63, 3.8) is 0 Å². The molecule has 0 unspecified atom stereocenters. The minimum absolute atomic E-state index is 0.112.